The third-order valence-electron chi connectivity index (χ3n) is 5.70. The van der Waals surface area contributed by atoms with Crippen LogP contribution < -0.4 is 9.47 Å². The molecule has 0 aromatic heterocycles. The van der Waals surface area contributed by atoms with E-state index in [9.17, 15) is 14.4 Å². The normalized spacial score (nSPS) is 10.4. The molecule has 4 rings (SSSR count). The molecule has 4 aromatic carbocycles. The van der Waals surface area contributed by atoms with E-state index in [0.717, 1.165) is 33.5 Å². The SMILES string of the molecule is C=CC(=O)OCc1ccc2cc(-c3ccc(C(=O)Oc4ccc(OCOC(=O)C(=C)C)cc4)cc3)ccc2c1. The minimum atomic E-state index is -0.536. The van der Waals surface area contributed by atoms with E-state index in [1.54, 1.807) is 43.3 Å². The third kappa shape index (κ3) is 7.20. The lowest BCUT2D eigenvalue weighted by molar-refractivity contribution is -0.145. The molecular formula is C32H26O7. The first-order chi connectivity index (χ1) is 18.8. The summed E-state index contributed by atoms with van der Waals surface area (Å²) in [5.74, 6) is -0.679. The Morgan fingerprint density at radius 2 is 1.41 bits per heavy atom. The number of carbonyl (C=O) groups excluding carboxylic acids is 3. The van der Waals surface area contributed by atoms with E-state index >= 15 is 0 Å². The Hall–Kier alpha value is -5.17. The second-order valence-corrected chi connectivity index (χ2v) is 8.62. The van der Waals surface area contributed by atoms with Crippen molar-refractivity contribution in [3.8, 4) is 22.6 Å². The van der Waals surface area contributed by atoms with Crippen LogP contribution in [0.15, 0.2) is 110 Å². The molecule has 0 radical (unpaired) electrons. The van der Waals surface area contributed by atoms with E-state index in [0.29, 0.717) is 17.1 Å². The van der Waals surface area contributed by atoms with Crippen molar-refractivity contribution in [2.75, 3.05) is 6.79 Å². The Kier molecular flexibility index (Phi) is 8.53. The zero-order valence-electron chi connectivity index (χ0n) is 21.3. The van der Waals surface area contributed by atoms with Crippen molar-refractivity contribution in [1.29, 1.82) is 0 Å². The van der Waals surface area contributed by atoms with E-state index in [-0.39, 0.29) is 19.0 Å². The molecule has 7 heteroatoms. The largest absolute Gasteiger partial charge is 0.458 e. The van der Waals surface area contributed by atoms with Crippen LogP contribution in [0.2, 0.25) is 0 Å². The molecule has 0 unspecified atom stereocenters. The third-order valence-corrected chi connectivity index (χ3v) is 5.70. The molecule has 0 fully saturated rings. The van der Waals surface area contributed by atoms with Crippen LogP contribution in [0.3, 0.4) is 0 Å². The number of fused-ring (bicyclic) bond motifs is 1. The minimum absolute atomic E-state index is 0.186. The smallest absolute Gasteiger partial charge is 0.343 e. The molecule has 0 aliphatic heterocycles. The molecule has 0 saturated carbocycles. The van der Waals surface area contributed by atoms with Crippen molar-refractivity contribution in [3.05, 3.63) is 121 Å². The summed E-state index contributed by atoms with van der Waals surface area (Å²) in [4.78, 5) is 35.3. The maximum absolute atomic E-state index is 12.6. The summed E-state index contributed by atoms with van der Waals surface area (Å²) in [6.07, 6.45) is 1.14. The average molecular weight is 523 g/mol. The Bertz CT molecular complexity index is 1530. The molecule has 0 N–H and O–H groups in total. The molecule has 0 saturated heterocycles. The van der Waals surface area contributed by atoms with E-state index in [1.165, 1.54) is 0 Å². The van der Waals surface area contributed by atoms with Gasteiger partial charge in [-0.3, -0.25) is 0 Å². The van der Waals surface area contributed by atoms with Crippen molar-refractivity contribution < 1.29 is 33.3 Å². The fraction of sp³-hybridized carbons (Fsp3) is 0.0938. The summed E-state index contributed by atoms with van der Waals surface area (Å²) in [6, 6.07) is 25.5. The van der Waals surface area contributed by atoms with E-state index in [4.69, 9.17) is 18.9 Å². The molecule has 0 aliphatic carbocycles. The Morgan fingerprint density at radius 3 is 2.10 bits per heavy atom. The summed E-state index contributed by atoms with van der Waals surface area (Å²) < 4.78 is 20.8. The fourth-order valence-electron chi connectivity index (χ4n) is 3.62. The fourth-order valence-corrected chi connectivity index (χ4v) is 3.62. The van der Waals surface area contributed by atoms with Gasteiger partial charge in [0.2, 0.25) is 6.79 Å². The van der Waals surface area contributed by atoms with Crippen molar-refractivity contribution in [1.82, 2.24) is 0 Å². The van der Waals surface area contributed by atoms with Gasteiger partial charge in [-0.1, -0.05) is 49.6 Å². The van der Waals surface area contributed by atoms with E-state index in [1.807, 2.05) is 42.5 Å². The summed E-state index contributed by atoms with van der Waals surface area (Å²) in [5.41, 5.74) is 3.53. The zero-order chi connectivity index (χ0) is 27.8. The van der Waals surface area contributed by atoms with Gasteiger partial charge in [0.25, 0.3) is 0 Å². The standard InChI is InChI=1S/C32H26O7/c1-4-30(33)36-19-22-5-6-27-18-26(12-11-25(27)17-22)23-7-9-24(10-8-23)32(35)39-29-15-13-28(14-16-29)37-20-38-31(34)21(2)3/h4-18H,1-2,19-20H2,3H3. The van der Waals surface area contributed by atoms with Crippen LogP contribution >= 0.6 is 0 Å². The average Bonchev–Trinajstić information content (AvgIpc) is 2.96. The van der Waals surface area contributed by atoms with Gasteiger partial charge in [0.05, 0.1) is 5.56 Å². The van der Waals surface area contributed by atoms with Gasteiger partial charge in [-0.25, -0.2) is 14.4 Å². The number of esters is 3. The van der Waals surface area contributed by atoms with Crippen LogP contribution in [0.25, 0.3) is 21.9 Å². The molecule has 0 heterocycles. The predicted octanol–water partition coefficient (Wildman–Crippen LogP) is 6.41. The van der Waals surface area contributed by atoms with E-state index in [2.05, 4.69) is 19.2 Å². The highest BCUT2D eigenvalue weighted by molar-refractivity contribution is 5.92. The molecule has 7 nitrogen and oxygen atoms in total. The lowest BCUT2D eigenvalue weighted by Gasteiger charge is -2.09. The lowest BCUT2D eigenvalue weighted by atomic mass is 9.99. The van der Waals surface area contributed by atoms with Crippen LogP contribution in [-0.4, -0.2) is 24.7 Å². The maximum atomic E-state index is 12.6. The number of hydrogen-bond acceptors (Lipinski definition) is 7. The molecule has 0 spiro atoms. The second-order valence-electron chi connectivity index (χ2n) is 8.62. The Morgan fingerprint density at radius 1 is 0.769 bits per heavy atom. The van der Waals surface area contributed by atoms with Gasteiger partial charge in [-0.2, -0.15) is 0 Å². The van der Waals surface area contributed by atoms with E-state index < -0.39 is 17.9 Å². The van der Waals surface area contributed by atoms with Crippen LogP contribution in [0.4, 0.5) is 0 Å². The molecule has 0 atom stereocenters. The highest BCUT2D eigenvalue weighted by atomic mass is 16.7. The van der Waals surface area contributed by atoms with Gasteiger partial charge in [0.15, 0.2) is 0 Å². The molecule has 39 heavy (non-hydrogen) atoms. The van der Waals surface area contributed by atoms with Crippen LogP contribution in [-0.2, 0) is 25.7 Å². The molecule has 0 bridgehead atoms. The molecule has 196 valence electrons. The highest BCUT2D eigenvalue weighted by Crippen LogP contribution is 2.26. The maximum Gasteiger partial charge on any atom is 0.343 e. The van der Waals surface area contributed by atoms with Gasteiger partial charge in [0.1, 0.15) is 18.1 Å². The predicted molar refractivity (Wildman–Crippen MR) is 147 cm³/mol. The quantitative estimate of drug-likeness (QED) is 0.103. The number of rotatable bonds is 10. The van der Waals surface area contributed by atoms with Gasteiger partial charge in [-0.15, -0.1) is 0 Å². The van der Waals surface area contributed by atoms with Gasteiger partial charge in [0, 0.05) is 11.6 Å². The Labute approximate surface area is 225 Å². The lowest BCUT2D eigenvalue weighted by Crippen LogP contribution is -2.10. The monoisotopic (exact) mass is 522 g/mol. The Balaban J connectivity index is 1.35. The van der Waals surface area contributed by atoms with Crippen molar-refractivity contribution in [2.45, 2.75) is 13.5 Å². The summed E-state index contributed by atoms with van der Waals surface area (Å²) in [6.45, 7) is 8.38. The molecule has 4 aromatic rings. The van der Waals surface area contributed by atoms with Gasteiger partial charge in [-0.05, 0) is 82.9 Å². The first kappa shape index (κ1) is 26.9. The summed E-state index contributed by atoms with van der Waals surface area (Å²) in [7, 11) is 0. The zero-order valence-corrected chi connectivity index (χ0v) is 21.3. The molecule has 0 aliphatic rings. The minimum Gasteiger partial charge on any atom is -0.458 e. The number of benzene rings is 4. The van der Waals surface area contributed by atoms with Crippen LogP contribution in [0.1, 0.15) is 22.8 Å². The summed E-state index contributed by atoms with van der Waals surface area (Å²) >= 11 is 0. The molecule has 0 amide bonds. The number of hydrogen-bond donors (Lipinski definition) is 0. The first-order valence-electron chi connectivity index (χ1n) is 12.0. The van der Waals surface area contributed by atoms with Crippen molar-refractivity contribution >= 4 is 28.7 Å². The number of ether oxygens (including phenoxy) is 4. The van der Waals surface area contributed by atoms with Crippen molar-refractivity contribution in [3.63, 3.8) is 0 Å². The van der Waals surface area contributed by atoms with Gasteiger partial charge >= 0.3 is 17.9 Å². The van der Waals surface area contributed by atoms with Crippen LogP contribution in [0.5, 0.6) is 11.5 Å². The first-order valence-corrected chi connectivity index (χ1v) is 12.0. The topological polar surface area (TPSA) is 88.1 Å². The number of carbonyl (C=O) groups is 3. The summed E-state index contributed by atoms with van der Waals surface area (Å²) in [5, 5.41) is 2.06. The highest BCUT2D eigenvalue weighted by Gasteiger charge is 2.10. The second kappa shape index (κ2) is 12.4. The van der Waals surface area contributed by atoms with Gasteiger partial charge < -0.3 is 18.9 Å². The molecular weight excluding hydrogens is 496 g/mol. The van der Waals surface area contributed by atoms with Crippen LogP contribution in [0, 0.1) is 0 Å². The van der Waals surface area contributed by atoms with Crippen molar-refractivity contribution in [2.24, 2.45) is 0 Å².